The minimum Gasteiger partial charge on any atom is -0.431 e. The van der Waals surface area contributed by atoms with Gasteiger partial charge in [0.15, 0.2) is 11.6 Å². The van der Waals surface area contributed by atoms with Crippen LogP contribution in [0.2, 0.25) is 0 Å². The molecule has 4 heterocycles. The maximum atomic E-state index is 13.0. The van der Waals surface area contributed by atoms with Crippen LogP contribution in [0.15, 0.2) is 48.7 Å². The molecule has 0 saturated carbocycles. The van der Waals surface area contributed by atoms with E-state index in [1.807, 2.05) is 52.9 Å². The smallest absolute Gasteiger partial charge is 0.387 e. The Morgan fingerprint density at radius 2 is 1.97 bits per heavy atom. The van der Waals surface area contributed by atoms with E-state index in [1.165, 1.54) is 12.3 Å². The number of ether oxygens (including phenoxy) is 1. The van der Waals surface area contributed by atoms with Crippen LogP contribution < -0.4 is 15.8 Å². The fourth-order valence-electron chi connectivity index (χ4n) is 4.95. The highest BCUT2D eigenvalue weighted by Crippen LogP contribution is 2.44. The van der Waals surface area contributed by atoms with Crippen molar-refractivity contribution in [3.63, 3.8) is 0 Å². The van der Waals surface area contributed by atoms with Gasteiger partial charge in [-0.15, -0.1) is 0 Å². The van der Waals surface area contributed by atoms with E-state index in [1.54, 1.807) is 0 Å². The Kier molecular flexibility index (Phi) is 5.59. The molecule has 1 aromatic carbocycles. The van der Waals surface area contributed by atoms with E-state index >= 15 is 0 Å². The monoisotopic (exact) mass is 468 g/mol. The van der Waals surface area contributed by atoms with E-state index < -0.39 is 6.61 Å². The first-order valence-corrected chi connectivity index (χ1v) is 11.2. The molecule has 2 amide bonds. The minimum absolute atomic E-state index is 0.0806. The lowest BCUT2D eigenvalue weighted by atomic mass is 9.82. The number of halogens is 2. The molecule has 10 heteroatoms. The lowest BCUT2D eigenvalue weighted by Crippen LogP contribution is -2.41. The van der Waals surface area contributed by atoms with E-state index in [2.05, 4.69) is 20.1 Å². The number of alkyl halides is 2. The lowest BCUT2D eigenvalue weighted by Gasteiger charge is -2.25. The first kappa shape index (κ1) is 22.1. The third kappa shape index (κ3) is 4.04. The summed E-state index contributed by atoms with van der Waals surface area (Å²) >= 11 is 0. The van der Waals surface area contributed by atoms with Gasteiger partial charge >= 0.3 is 12.6 Å². The summed E-state index contributed by atoms with van der Waals surface area (Å²) in [6.07, 6.45) is 3.23. The molecule has 0 aliphatic carbocycles. The summed E-state index contributed by atoms with van der Waals surface area (Å²) in [6.45, 7) is 0.973. The zero-order valence-electron chi connectivity index (χ0n) is 18.7. The van der Waals surface area contributed by atoms with Gasteiger partial charge in [0.2, 0.25) is 0 Å². The highest BCUT2D eigenvalue weighted by atomic mass is 19.3. The van der Waals surface area contributed by atoms with Crippen LogP contribution >= 0.6 is 0 Å². The van der Waals surface area contributed by atoms with Crippen molar-refractivity contribution in [2.45, 2.75) is 44.4 Å². The third-order valence-corrected chi connectivity index (χ3v) is 6.80. The van der Waals surface area contributed by atoms with Crippen LogP contribution in [0.1, 0.15) is 37.1 Å². The second-order valence-corrected chi connectivity index (χ2v) is 8.91. The number of nitrogens with one attached hydrogen (secondary N) is 1. The Bertz CT molecular complexity index is 1200. The average molecular weight is 469 g/mol. The summed E-state index contributed by atoms with van der Waals surface area (Å²) in [4.78, 5) is 18.8. The molecule has 34 heavy (non-hydrogen) atoms. The Hall–Kier alpha value is -3.69. The van der Waals surface area contributed by atoms with Crippen molar-refractivity contribution in [1.29, 1.82) is 0 Å². The van der Waals surface area contributed by atoms with Gasteiger partial charge in [0.1, 0.15) is 0 Å². The molecule has 0 bridgehead atoms. The number of nitrogens with zero attached hydrogens (tertiary/aromatic N) is 4. The van der Waals surface area contributed by atoms with Gasteiger partial charge in [-0.1, -0.05) is 30.3 Å². The number of nitrogen functional groups attached to an aromatic ring is 1. The predicted molar refractivity (Wildman–Crippen MR) is 122 cm³/mol. The summed E-state index contributed by atoms with van der Waals surface area (Å²) in [7, 11) is 0. The van der Waals surface area contributed by atoms with E-state index in [4.69, 9.17) is 5.73 Å². The normalized spacial score (nSPS) is 20.1. The Labute approximate surface area is 195 Å². The van der Waals surface area contributed by atoms with Crippen LogP contribution in [0.5, 0.6) is 5.75 Å². The molecule has 2 atom stereocenters. The molecule has 2 aliphatic heterocycles. The molecule has 3 N–H and O–H groups in total. The molecule has 8 nitrogen and oxygen atoms in total. The van der Waals surface area contributed by atoms with Gasteiger partial charge < -0.3 is 20.7 Å². The fourth-order valence-corrected chi connectivity index (χ4v) is 4.95. The van der Waals surface area contributed by atoms with Gasteiger partial charge in [-0.05, 0) is 37.5 Å². The summed E-state index contributed by atoms with van der Waals surface area (Å²) in [5, 5.41) is 7.76. The molecule has 0 radical (unpaired) electrons. The number of anilines is 1. The number of urea groups is 1. The summed E-state index contributed by atoms with van der Waals surface area (Å²) < 4.78 is 31.8. The average Bonchev–Trinajstić information content (AvgIpc) is 3.52. The number of carbonyl (C=O) groups is 1. The second-order valence-electron chi connectivity index (χ2n) is 8.91. The molecule has 1 spiro atoms. The quantitative estimate of drug-likeness (QED) is 0.591. The minimum atomic E-state index is -2.99. The predicted octanol–water partition coefficient (Wildman–Crippen LogP) is 3.95. The first-order valence-electron chi connectivity index (χ1n) is 11.2. The van der Waals surface area contributed by atoms with Crippen molar-refractivity contribution in [3.05, 3.63) is 59.9 Å². The first-order chi connectivity index (χ1) is 16.3. The van der Waals surface area contributed by atoms with Gasteiger partial charge in [-0.25, -0.2) is 9.78 Å². The zero-order chi connectivity index (χ0) is 23.9. The number of amides is 2. The van der Waals surface area contributed by atoms with E-state index in [0.29, 0.717) is 24.3 Å². The van der Waals surface area contributed by atoms with Crippen molar-refractivity contribution >= 4 is 11.8 Å². The van der Waals surface area contributed by atoms with Crippen LogP contribution in [-0.2, 0) is 12.0 Å². The highest BCUT2D eigenvalue weighted by Gasteiger charge is 2.47. The van der Waals surface area contributed by atoms with Crippen LogP contribution in [0.3, 0.4) is 0 Å². The second kappa shape index (κ2) is 8.58. The fraction of sp³-hybridized carbons (Fsp3) is 0.375. The third-order valence-electron chi connectivity index (χ3n) is 6.80. The number of carbonyl (C=O) groups excluding carboxylic acids is 1. The number of aryl methyl sites for hydroxylation is 1. The zero-order valence-corrected chi connectivity index (χ0v) is 18.7. The largest absolute Gasteiger partial charge is 0.431 e. The number of rotatable bonds is 5. The molecule has 2 aliphatic rings. The van der Waals surface area contributed by atoms with E-state index in [-0.39, 0.29) is 29.1 Å². The molecule has 2 aromatic heterocycles. The standard InChI is InChI=1S/C24H26F2N6O2/c1-15(16-5-3-2-4-6-16)29-23(33)31-9-7-24(14-31)8-10-32-20(24)12-18(30-32)17-11-19(34-22(25)26)21(27)28-13-17/h2-6,11-13,15,22H,7-10,14H2,1H3,(H2,27,28)(H,29,33). The van der Waals surface area contributed by atoms with Gasteiger partial charge in [-0.3, -0.25) is 4.68 Å². The number of likely N-dealkylation sites (tertiary alicyclic amines) is 1. The van der Waals surface area contributed by atoms with Crippen LogP contribution in [0, 0.1) is 0 Å². The number of aromatic nitrogens is 3. The van der Waals surface area contributed by atoms with Crippen molar-refractivity contribution in [2.24, 2.45) is 0 Å². The van der Waals surface area contributed by atoms with Gasteiger partial charge in [-0.2, -0.15) is 13.9 Å². The Morgan fingerprint density at radius 3 is 2.74 bits per heavy atom. The van der Waals surface area contributed by atoms with E-state index in [9.17, 15) is 13.6 Å². The maximum absolute atomic E-state index is 13.0. The van der Waals surface area contributed by atoms with Gasteiger partial charge in [0, 0.05) is 42.5 Å². The lowest BCUT2D eigenvalue weighted by molar-refractivity contribution is -0.0494. The van der Waals surface area contributed by atoms with Crippen molar-refractivity contribution in [2.75, 3.05) is 18.8 Å². The molecular formula is C24H26F2N6O2. The molecule has 1 fully saturated rings. The van der Waals surface area contributed by atoms with Crippen LogP contribution in [-0.4, -0.2) is 45.4 Å². The van der Waals surface area contributed by atoms with Crippen molar-refractivity contribution in [1.82, 2.24) is 25.0 Å². The number of benzene rings is 1. The molecule has 5 rings (SSSR count). The SMILES string of the molecule is CC(NC(=O)N1CCC2(CCn3nc(-c4cnc(N)c(OC(F)F)c4)cc32)C1)c1ccccc1. The van der Waals surface area contributed by atoms with Gasteiger partial charge in [0.25, 0.3) is 0 Å². The number of nitrogens with two attached hydrogens (primary N) is 1. The number of pyridine rings is 1. The number of hydrogen-bond donors (Lipinski definition) is 2. The number of fused-ring (bicyclic) bond motifs is 2. The Morgan fingerprint density at radius 1 is 1.21 bits per heavy atom. The summed E-state index contributed by atoms with van der Waals surface area (Å²) in [5.41, 5.74) is 8.74. The van der Waals surface area contributed by atoms with Gasteiger partial charge in [0.05, 0.1) is 11.7 Å². The molecule has 3 aromatic rings. The summed E-state index contributed by atoms with van der Waals surface area (Å²) in [5.74, 6) is -0.277. The van der Waals surface area contributed by atoms with Crippen LogP contribution in [0.4, 0.5) is 19.4 Å². The molecule has 178 valence electrons. The van der Waals surface area contributed by atoms with Crippen LogP contribution in [0.25, 0.3) is 11.3 Å². The van der Waals surface area contributed by atoms with Crippen molar-refractivity contribution in [3.8, 4) is 17.0 Å². The Balaban J connectivity index is 1.32. The maximum Gasteiger partial charge on any atom is 0.387 e. The topological polar surface area (TPSA) is 98.3 Å². The number of hydrogen-bond acceptors (Lipinski definition) is 5. The molecule has 2 unspecified atom stereocenters. The van der Waals surface area contributed by atoms with E-state index in [0.717, 1.165) is 30.6 Å². The molecule has 1 saturated heterocycles. The summed E-state index contributed by atoms with van der Waals surface area (Å²) in [6, 6.07) is 13.1. The molecular weight excluding hydrogens is 442 g/mol. The van der Waals surface area contributed by atoms with Crippen molar-refractivity contribution < 1.29 is 18.3 Å². The highest BCUT2D eigenvalue weighted by molar-refractivity contribution is 5.75.